The summed E-state index contributed by atoms with van der Waals surface area (Å²) < 4.78 is 28.9. The number of aromatic nitrogens is 1. The van der Waals surface area contributed by atoms with Crippen LogP contribution >= 0.6 is 22.6 Å². The molecule has 3 N–H and O–H groups in total. The first-order valence-corrected chi connectivity index (χ1v) is 11.8. The number of hydrogen-bond donors (Lipinski definition) is 3. The Balaban J connectivity index is 1.55. The topological polar surface area (TPSA) is 74.0 Å². The fourth-order valence-electron chi connectivity index (χ4n) is 3.64. The van der Waals surface area contributed by atoms with Gasteiger partial charge in [-0.1, -0.05) is 18.2 Å². The number of anilines is 1. The van der Waals surface area contributed by atoms with E-state index in [1.807, 2.05) is 48.7 Å². The van der Waals surface area contributed by atoms with E-state index in [2.05, 4.69) is 37.6 Å². The van der Waals surface area contributed by atoms with Gasteiger partial charge in [0.25, 0.3) is 0 Å². The average molecular weight is 495 g/mol. The predicted octanol–water partition coefficient (Wildman–Crippen LogP) is 4.01. The Bertz CT molecular complexity index is 1060. The summed E-state index contributed by atoms with van der Waals surface area (Å²) in [5, 5.41) is 4.60. The van der Waals surface area contributed by atoms with Crippen molar-refractivity contribution < 1.29 is 8.42 Å². The smallest absolute Gasteiger partial charge is 0.236 e. The Hall–Kier alpha value is -1.58. The van der Waals surface area contributed by atoms with E-state index in [9.17, 15) is 8.42 Å². The molecule has 0 spiro atoms. The van der Waals surface area contributed by atoms with E-state index < -0.39 is 10.0 Å². The molecule has 0 aliphatic carbocycles. The first-order valence-electron chi connectivity index (χ1n) is 9.07. The van der Waals surface area contributed by atoms with Crippen LogP contribution in [-0.2, 0) is 22.2 Å². The van der Waals surface area contributed by atoms with Crippen molar-refractivity contribution in [3.63, 3.8) is 0 Å². The number of H-pyrrole nitrogens is 1. The van der Waals surface area contributed by atoms with Crippen LogP contribution in [0.25, 0.3) is 10.9 Å². The molecule has 0 radical (unpaired) electrons. The summed E-state index contributed by atoms with van der Waals surface area (Å²) in [7, 11) is -3.47. The minimum Gasteiger partial charge on any atom is -0.361 e. The molecule has 2 aromatic carbocycles. The highest BCUT2D eigenvalue weighted by Crippen LogP contribution is 2.26. The van der Waals surface area contributed by atoms with Gasteiger partial charge in [0.05, 0.1) is 5.75 Å². The summed E-state index contributed by atoms with van der Waals surface area (Å²) in [5.41, 5.74) is 3.67. The van der Waals surface area contributed by atoms with Gasteiger partial charge < -0.3 is 10.3 Å². The molecule has 4 rings (SSSR count). The van der Waals surface area contributed by atoms with Crippen molar-refractivity contribution in [1.82, 2.24) is 10.3 Å². The van der Waals surface area contributed by atoms with Gasteiger partial charge in [0, 0.05) is 32.4 Å². The highest BCUT2D eigenvalue weighted by Gasteiger charge is 2.18. The summed E-state index contributed by atoms with van der Waals surface area (Å²) in [5.74, 6) is -0.0316. The molecule has 27 heavy (non-hydrogen) atoms. The van der Waals surface area contributed by atoms with Gasteiger partial charge in [0.2, 0.25) is 10.0 Å². The quantitative estimate of drug-likeness (QED) is 0.453. The van der Waals surface area contributed by atoms with Crippen LogP contribution in [0.4, 0.5) is 5.69 Å². The lowest BCUT2D eigenvalue weighted by Crippen LogP contribution is -2.23. The molecule has 1 aromatic heterocycles. The zero-order chi connectivity index (χ0) is 18.9. The molecule has 142 valence electrons. The number of halogens is 1. The second-order valence-electron chi connectivity index (χ2n) is 7.02. The predicted molar refractivity (Wildman–Crippen MR) is 118 cm³/mol. The van der Waals surface area contributed by atoms with Crippen LogP contribution in [0.5, 0.6) is 0 Å². The fraction of sp³-hybridized carbons (Fsp3) is 0.300. The lowest BCUT2D eigenvalue weighted by Gasteiger charge is -2.11. The van der Waals surface area contributed by atoms with Gasteiger partial charge in [-0.3, -0.25) is 4.72 Å². The number of sulfonamides is 1. The molecule has 1 fully saturated rings. The first-order chi connectivity index (χ1) is 13.0. The van der Waals surface area contributed by atoms with Crippen molar-refractivity contribution in [2.24, 2.45) is 0 Å². The molecule has 1 aliphatic heterocycles. The third kappa shape index (κ3) is 4.47. The molecule has 1 aliphatic rings. The van der Waals surface area contributed by atoms with Crippen molar-refractivity contribution in [2.75, 3.05) is 11.3 Å². The lowest BCUT2D eigenvalue weighted by molar-refractivity contribution is 0.600. The van der Waals surface area contributed by atoms with Crippen LogP contribution in [-0.4, -0.2) is 26.0 Å². The Morgan fingerprint density at radius 3 is 2.78 bits per heavy atom. The van der Waals surface area contributed by atoms with Gasteiger partial charge in [0.1, 0.15) is 0 Å². The third-order valence-corrected chi connectivity index (χ3v) is 7.26. The number of nitrogens with one attached hydrogen (secondary N) is 3. The van der Waals surface area contributed by atoms with Gasteiger partial charge in [-0.2, -0.15) is 0 Å². The Morgan fingerprint density at radius 2 is 2.00 bits per heavy atom. The van der Waals surface area contributed by atoms with Crippen LogP contribution in [0.3, 0.4) is 0 Å². The summed E-state index contributed by atoms with van der Waals surface area (Å²) in [4.78, 5) is 3.29. The summed E-state index contributed by atoms with van der Waals surface area (Å²) in [6.45, 7) is 1.08. The Labute approximate surface area is 173 Å². The highest BCUT2D eigenvalue weighted by atomic mass is 127. The third-order valence-electron chi connectivity index (χ3n) is 4.97. The molecule has 0 amide bonds. The number of benzene rings is 2. The molecule has 7 heteroatoms. The van der Waals surface area contributed by atoms with Crippen molar-refractivity contribution in [3.8, 4) is 0 Å². The largest absolute Gasteiger partial charge is 0.361 e. The monoisotopic (exact) mass is 495 g/mol. The van der Waals surface area contributed by atoms with Gasteiger partial charge >= 0.3 is 0 Å². The molecular formula is C20H22IN3O2S. The molecule has 1 atom stereocenters. The molecule has 2 heterocycles. The molecular weight excluding hydrogens is 473 g/mol. The van der Waals surface area contributed by atoms with Crippen molar-refractivity contribution >= 4 is 49.2 Å². The van der Waals surface area contributed by atoms with Crippen LogP contribution in [0.15, 0.2) is 48.7 Å². The number of fused-ring (bicyclic) bond motifs is 1. The molecule has 0 saturated carbocycles. The Morgan fingerprint density at radius 1 is 1.15 bits per heavy atom. The summed E-state index contributed by atoms with van der Waals surface area (Å²) in [6.07, 6.45) is 5.40. The normalized spacial score (nSPS) is 17.4. The van der Waals surface area contributed by atoms with E-state index in [1.54, 1.807) is 0 Å². The van der Waals surface area contributed by atoms with Gasteiger partial charge in [-0.15, -0.1) is 0 Å². The number of hydrogen-bond acceptors (Lipinski definition) is 3. The second-order valence-corrected chi connectivity index (χ2v) is 9.91. The Kier molecular flexibility index (Phi) is 5.43. The van der Waals surface area contributed by atoms with E-state index >= 15 is 0 Å². The maximum atomic E-state index is 12.6. The van der Waals surface area contributed by atoms with Crippen LogP contribution in [0, 0.1) is 3.57 Å². The average Bonchev–Trinajstić information content (AvgIpc) is 3.27. The van der Waals surface area contributed by atoms with E-state index in [1.165, 1.54) is 18.4 Å². The maximum Gasteiger partial charge on any atom is 0.236 e. The minimum atomic E-state index is -3.47. The number of aromatic amines is 1. The van der Waals surface area contributed by atoms with Crippen molar-refractivity contribution in [1.29, 1.82) is 0 Å². The molecule has 3 aromatic rings. The zero-order valence-electron chi connectivity index (χ0n) is 14.8. The van der Waals surface area contributed by atoms with E-state index in [0.29, 0.717) is 11.7 Å². The van der Waals surface area contributed by atoms with Crippen molar-refractivity contribution in [3.05, 3.63) is 63.4 Å². The fourth-order valence-corrected chi connectivity index (χ4v) is 5.70. The summed E-state index contributed by atoms with van der Waals surface area (Å²) >= 11 is 2.17. The van der Waals surface area contributed by atoms with E-state index in [0.717, 1.165) is 33.0 Å². The van der Waals surface area contributed by atoms with Gasteiger partial charge in [-0.25, -0.2) is 8.42 Å². The van der Waals surface area contributed by atoms with Gasteiger partial charge in [0.15, 0.2) is 0 Å². The zero-order valence-corrected chi connectivity index (χ0v) is 17.8. The molecule has 5 nitrogen and oxygen atoms in total. The highest BCUT2D eigenvalue weighted by molar-refractivity contribution is 14.1. The van der Waals surface area contributed by atoms with Crippen LogP contribution in [0.2, 0.25) is 0 Å². The SMILES string of the molecule is O=S(=O)(Cc1ccccc1I)Nc1ccc2[nH]cc(C[C@H]3CCCN3)c2c1. The minimum absolute atomic E-state index is 0.0316. The number of rotatable bonds is 6. The summed E-state index contributed by atoms with van der Waals surface area (Å²) in [6, 6.07) is 13.7. The van der Waals surface area contributed by atoms with Crippen LogP contribution < -0.4 is 10.0 Å². The van der Waals surface area contributed by atoms with Crippen LogP contribution in [0.1, 0.15) is 24.0 Å². The molecule has 0 bridgehead atoms. The maximum absolute atomic E-state index is 12.6. The second kappa shape index (κ2) is 7.81. The van der Waals surface area contributed by atoms with Gasteiger partial charge in [-0.05, 0) is 83.8 Å². The van der Waals surface area contributed by atoms with E-state index in [-0.39, 0.29) is 5.75 Å². The van der Waals surface area contributed by atoms with Crippen molar-refractivity contribution in [2.45, 2.75) is 31.1 Å². The molecule has 0 unspecified atom stereocenters. The molecule has 1 saturated heterocycles. The van der Waals surface area contributed by atoms with E-state index in [4.69, 9.17) is 0 Å². The first kappa shape index (κ1) is 18.8. The standard InChI is InChI=1S/C20H22IN3O2S/c21-19-6-2-1-4-14(19)13-27(25,26)24-17-7-8-20-18(11-17)15(12-23-20)10-16-5-3-9-22-16/h1-2,4,6-8,11-12,16,22-24H,3,5,9-10,13H2/t16-/m1/s1. The lowest BCUT2D eigenvalue weighted by atomic mass is 10.0.